The van der Waals surface area contributed by atoms with Crippen molar-refractivity contribution in [3.8, 4) is 0 Å². The molecule has 0 aliphatic rings. The van der Waals surface area contributed by atoms with Gasteiger partial charge < -0.3 is 14.8 Å². The van der Waals surface area contributed by atoms with Crippen LogP contribution in [0.4, 0.5) is 0 Å². The summed E-state index contributed by atoms with van der Waals surface area (Å²) in [6.07, 6.45) is 0. The van der Waals surface area contributed by atoms with Crippen LogP contribution >= 0.6 is 11.3 Å². The van der Waals surface area contributed by atoms with Gasteiger partial charge in [0.2, 0.25) is 0 Å². The van der Waals surface area contributed by atoms with Gasteiger partial charge in [-0.15, -0.1) is 11.3 Å². The summed E-state index contributed by atoms with van der Waals surface area (Å²) in [7, 11) is 0. The fraction of sp³-hybridized carbons (Fsp3) is 0.692. The minimum Gasteiger partial charge on any atom is -0.379 e. The van der Waals surface area contributed by atoms with E-state index in [1.165, 1.54) is 15.3 Å². The van der Waals surface area contributed by atoms with E-state index in [1.54, 1.807) is 0 Å². The molecule has 98 valence electrons. The Bertz CT molecular complexity index is 312. The first-order chi connectivity index (χ1) is 8.27. The van der Waals surface area contributed by atoms with Crippen molar-refractivity contribution in [2.75, 3.05) is 26.4 Å². The zero-order chi connectivity index (χ0) is 12.5. The van der Waals surface area contributed by atoms with E-state index in [4.69, 9.17) is 9.47 Å². The van der Waals surface area contributed by atoms with Gasteiger partial charge in [-0.3, -0.25) is 0 Å². The van der Waals surface area contributed by atoms with Gasteiger partial charge in [0.05, 0.1) is 19.8 Å². The molecule has 0 radical (unpaired) electrons. The molecule has 0 atom stereocenters. The van der Waals surface area contributed by atoms with E-state index < -0.39 is 0 Å². The molecule has 0 saturated heterocycles. The largest absolute Gasteiger partial charge is 0.379 e. The lowest BCUT2D eigenvalue weighted by atomic mass is 10.2. The Balaban J connectivity index is 2.29. The third-order valence-corrected chi connectivity index (χ3v) is 3.55. The quantitative estimate of drug-likeness (QED) is 0.690. The summed E-state index contributed by atoms with van der Waals surface area (Å²) < 4.78 is 10.8. The Labute approximate surface area is 108 Å². The van der Waals surface area contributed by atoms with E-state index in [0.29, 0.717) is 19.8 Å². The van der Waals surface area contributed by atoms with Crippen molar-refractivity contribution < 1.29 is 9.47 Å². The zero-order valence-corrected chi connectivity index (χ0v) is 11.9. The maximum Gasteiger partial charge on any atom is 0.0728 e. The molecule has 3 nitrogen and oxygen atoms in total. The molecule has 1 rings (SSSR count). The molecule has 1 heterocycles. The standard InChI is InChI=1S/C13H23NO2S/c1-4-14-9-13-8-12(11(3)17-13)10-16-7-6-15-5-2/h8,14H,4-7,9-10H2,1-3H3. The predicted octanol–water partition coefficient (Wildman–Crippen LogP) is 2.72. The summed E-state index contributed by atoms with van der Waals surface area (Å²) in [5.41, 5.74) is 1.31. The van der Waals surface area contributed by atoms with Gasteiger partial charge in [0, 0.05) is 22.9 Å². The van der Waals surface area contributed by atoms with E-state index in [0.717, 1.165) is 19.7 Å². The van der Waals surface area contributed by atoms with Gasteiger partial charge in [0.15, 0.2) is 0 Å². The molecule has 0 saturated carbocycles. The summed E-state index contributed by atoms with van der Waals surface area (Å²) in [6, 6.07) is 2.24. The third-order valence-electron chi connectivity index (χ3n) is 2.45. The average Bonchev–Trinajstić information content (AvgIpc) is 2.67. The van der Waals surface area contributed by atoms with Gasteiger partial charge in [-0.1, -0.05) is 6.92 Å². The van der Waals surface area contributed by atoms with Gasteiger partial charge in [-0.05, 0) is 32.0 Å². The first-order valence-corrected chi connectivity index (χ1v) is 7.04. The summed E-state index contributed by atoms with van der Waals surface area (Å²) >= 11 is 1.85. The van der Waals surface area contributed by atoms with E-state index in [-0.39, 0.29) is 0 Å². The molecule has 17 heavy (non-hydrogen) atoms. The summed E-state index contributed by atoms with van der Waals surface area (Å²) in [5.74, 6) is 0. The second kappa shape index (κ2) is 8.64. The van der Waals surface area contributed by atoms with E-state index >= 15 is 0 Å². The lowest BCUT2D eigenvalue weighted by molar-refractivity contribution is 0.0452. The molecule has 0 fully saturated rings. The molecule has 1 aromatic rings. The van der Waals surface area contributed by atoms with E-state index in [1.807, 2.05) is 18.3 Å². The van der Waals surface area contributed by atoms with Crippen molar-refractivity contribution in [1.29, 1.82) is 0 Å². The molecule has 0 aromatic carbocycles. The number of rotatable bonds is 9. The highest BCUT2D eigenvalue weighted by Crippen LogP contribution is 2.22. The SMILES string of the molecule is CCNCc1cc(COCCOCC)c(C)s1. The van der Waals surface area contributed by atoms with Crippen molar-refractivity contribution in [3.63, 3.8) is 0 Å². The van der Waals surface area contributed by atoms with E-state index in [9.17, 15) is 0 Å². The Kier molecular flexibility index (Phi) is 7.44. The summed E-state index contributed by atoms with van der Waals surface area (Å²) in [6.45, 7) is 11.1. The highest BCUT2D eigenvalue weighted by atomic mass is 32.1. The normalized spacial score (nSPS) is 11.0. The number of nitrogens with one attached hydrogen (secondary N) is 1. The summed E-state index contributed by atoms with van der Waals surface area (Å²) in [4.78, 5) is 2.74. The third kappa shape index (κ3) is 5.64. The molecule has 0 aliphatic carbocycles. The molecule has 0 bridgehead atoms. The molecule has 0 aliphatic heterocycles. The molecule has 0 spiro atoms. The first kappa shape index (κ1) is 14.6. The first-order valence-electron chi connectivity index (χ1n) is 6.22. The topological polar surface area (TPSA) is 30.5 Å². The van der Waals surface area contributed by atoms with Crippen molar-refractivity contribution in [2.24, 2.45) is 0 Å². The Morgan fingerprint density at radius 1 is 1.24 bits per heavy atom. The van der Waals surface area contributed by atoms with Crippen molar-refractivity contribution in [3.05, 3.63) is 21.4 Å². The lowest BCUT2D eigenvalue weighted by Crippen LogP contribution is -2.10. The fourth-order valence-electron chi connectivity index (χ4n) is 1.51. The Hall–Kier alpha value is -0.420. The highest BCUT2D eigenvalue weighted by molar-refractivity contribution is 7.12. The van der Waals surface area contributed by atoms with Crippen LogP contribution in [0.3, 0.4) is 0 Å². The van der Waals surface area contributed by atoms with Crippen LogP contribution < -0.4 is 5.32 Å². The second-order valence-electron chi connectivity index (χ2n) is 3.82. The average molecular weight is 257 g/mol. The molecule has 0 amide bonds. The van der Waals surface area contributed by atoms with Crippen LogP contribution in [-0.2, 0) is 22.6 Å². The van der Waals surface area contributed by atoms with Crippen molar-refractivity contribution >= 4 is 11.3 Å². The molecular weight excluding hydrogens is 234 g/mol. The monoisotopic (exact) mass is 257 g/mol. The van der Waals surface area contributed by atoms with Gasteiger partial charge in [-0.2, -0.15) is 0 Å². The van der Waals surface area contributed by atoms with Gasteiger partial charge in [-0.25, -0.2) is 0 Å². The van der Waals surface area contributed by atoms with Crippen LogP contribution in [0.25, 0.3) is 0 Å². The maximum absolute atomic E-state index is 5.58. The van der Waals surface area contributed by atoms with Crippen molar-refractivity contribution in [1.82, 2.24) is 5.32 Å². The van der Waals surface area contributed by atoms with Crippen molar-refractivity contribution in [2.45, 2.75) is 33.9 Å². The molecule has 1 N–H and O–H groups in total. The molecule has 1 aromatic heterocycles. The van der Waals surface area contributed by atoms with Crippen LogP contribution in [0.15, 0.2) is 6.07 Å². The van der Waals surface area contributed by atoms with Crippen LogP contribution in [-0.4, -0.2) is 26.4 Å². The number of thiophene rings is 1. The number of ether oxygens (including phenoxy) is 2. The Morgan fingerprint density at radius 3 is 2.71 bits per heavy atom. The van der Waals surface area contributed by atoms with Gasteiger partial charge in [0.25, 0.3) is 0 Å². The molecule has 0 unspecified atom stereocenters. The number of aryl methyl sites for hydroxylation is 1. The Morgan fingerprint density at radius 2 is 2.00 bits per heavy atom. The van der Waals surface area contributed by atoms with Gasteiger partial charge >= 0.3 is 0 Å². The maximum atomic E-state index is 5.58. The number of hydrogen-bond donors (Lipinski definition) is 1. The minimum atomic E-state index is 0.672. The van der Waals surface area contributed by atoms with Crippen LogP contribution in [0.2, 0.25) is 0 Å². The predicted molar refractivity (Wildman–Crippen MR) is 72.6 cm³/mol. The number of hydrogen-bond acceptors (Lipinski definition) is 4. The van der Waals surface area contributed by atoms with Gasteiger partial charge in [0.1, 0.15) is 0 Å². The summed E-state index contributed by atoms with van der Waals surface area (Å²) in [5, 5.41) is 3.34. The molecular formula is C13H23NO2S. The highest BCUT2D eigenvalue weighted by Gasteiger charge is 2.05. The lowest BCUT2D eigenvalue weighted by Gasteiger charge is -2.03. The second-order valence-corrected chi connectivity index (χ2v) is 5.16. The van der Waals surface area contributed by atoms with Crippen LogP contribution in [0, 0.1) is 6.92 Å². The smallest absolute Gasteiger partial charge is 0.0728 e. The molecule has 4 heteroatoms. The zero-order valence-electron chi connectivity index (χ0n) is 11.0. The van der Waals surface area contributed by atoms with Crippen LogP contribution in [0.1, 0.15) is 29.2 Å². The van der Waals surface area contributed by atoms with E-state index in [2.05, 4.69) is 25.2 Å². The minimum absolute atomic E-state index is 0.672. The fourth-order valence-corrected chi connectivity index (χ4v) is 2.53. The van der Waals surface area contributed by atoms with Crippen LogP contribution in [0.5, 0.6) is 0 Å².